The number of nitrogens with zero attached hydrogens (tertiary/aromatic N) is 2. The maximum atomic E-state index is 13.4. The first-order valence-corrected chi connectivity index (χ1v) is 11.7. The molecule has 28 heavy (non-hydrogen) atoms. The van der Waals surface area contributed by atoms with E-state index in [0.717, 1.165) is 13.6 Å². The molecule has 0 spiro atoms. The first kappa shape index (κ1) is 20.7. The number of carbonyl (C=O) groups is 2. The summed E-state index contributed by atoms with van der Waals surface area (Å²) >= 11 is 6.72. The summed E-state index contributed by atoms with van der Waals surface area (Å²) in [6.45, 7) is 0. The Morgan fingerprint density at radius 3 is 2.00 bits per heavy atom. The summed E-state index contributed by atoms with van der Waals surface area (Å²) < 4.78 is 8.13. The quantitative estimate of drug-likeness (QED) is 0.376. The van der Waals surface area contributed by atoms with Crippen molar-refractivity contribution < 1.29 is 18.9 Å². The zero-order valence-electron chi connectivity index (χ0n) is 14.8. The van der Waals surface area contributed by atoms with Crippen LogP contribution in [0.25, 0.3) is 0 Å². The second kappa shape index (κ2) is 8.57. The summed E-state index contributed by atoms with van der Waals surface area (Å²) in [4.78, 5) is 38.1. The molecule has 1 aromatic heterocycles. The van der Waals surface area contributed by atoms with E-state index < -0.39 is 13.7 Å². The molecule has 0 unspecified atom stereocenters. The Morgan fingerprint density at radius 2 is 1.54 bits per heavy atom. The van der Waals surface area contributed by atoms with E-state index in [9.17, 15) is 14.5 Å². The van der Waals surface area contributed by atoms with Crippen LogP contribution in [0.4, 0.5) is 16.2 Å². The molecule has 3 aromatic rings. The number of rotatable bonds is 5. The third-order valence-electron chi connectivity index (χ3n) is 4.17. The summed E-state index contributed by atoms with van der Waals surface area (Å²) in [6, 6.07) is 16.8. The average molecular weight is 528 g/mol. The van der Waals surface area contributed by atoms with Gasteiger partial charge in [-0.1, -0.05) is 0 Å². The number of furan rings is 1. The predicted octanol–water partition coefficient (Wildman–Crippen LogP) is 4.96. The van der Waals surface area contributed by atoms with Crippen molar-refractivity contribution in [3.8, 4) is 0 Å². The molecule has 2 aromatic carbocycles. The van der Waals surface area contributed by atoms with E-state index in [2.05, 4.69) is 31.9 Å². The molecule has 0 bridgehead atoms. The van der Waals surface area contributed by atoms with Crippen molar-refractivity contribution in [2.75, 3.05) is 16.6 Å². The van der Waals surface area contributed by atoms with E-state index in [-0.39, 0.29) is 5.50 Å². The second-order valence-electron chi connectivity index (χ2n) is 5.95. The molecule has 0 saturated carbocycles. The minimum absolute atomic E-state index is 0.0722. The van der Waals surface area contributed by atoms with Gasteiger partial charge < -0.3 is 0 Å². The monoisotopic (exact) mass is 526 g/mol. The van der Waals surface area contributed by atoms with Gasteiger partial charge in [-0.05, 0) is 0 Å². The van der Waals surface area contributed by atoms with Crippen LogP contribution in [0, 0.1) is 0 Å². The number of hydrogen-bond donors (Lipinski definition) is 1. The number of amides is 2. The normalized spacial score (nSPS) is 11.7. The van der Waals surface area contributed by atoms with E-state index in [1.165, 1.54) is 17.2 Å². The van der Waals surface area contributed by atoms with Gasteiger partial charge in [-0.25, -0.2) is 0 Å². The molecule has 0 aliphatic rings. The Bertz CT molecular complexity index is 965. The van der Waals surface area contributed by atoms with Crippen LogP contribution in [-0.4, -0.2) is 24.0 Å². The topological polar surface area (TPSA) is 74.0 Å². The van der Waals surface area contributed by atoms with E-state index >= 15 is 0 Å². The molecule has 0 radical (unpaired) electrons. The molecule has 6 nitrogen and oxygen atoms in total. The molecule has 2 amide bonds. The van der Waals surface area contributed by atoms with Crippen LogP contribution < -0.4 is 15.1 Å². The minimum atomic E-state index is -4.13. The second-order valence-corrected chi connectivity index (χ2v) is 10.4. The number of benzene rings is 2. The third-order valence-corrected chi connectivity index (χ3v) is 7.69. The van der Waals surface area contributed by atoms with Gasteiger partial charge in [0.15, 0.2) is 0 Å². The standard InChI is InChI=1S/C19H17Br2N2O4P/c1-22(16-8-4-14(20)5-9-16)19(25)23(17-10-6-15(21)7-11-17)28(26,13-24)18-3-2-12-27-18/h2-13,26,28H,1H3. The average Bonchev–Trinajstić information content (AvgIpc) is 3.25. The van der Waals surface area contributed by atoms with Crippen molar-refractivity contribution in [2.45, 2.75) is 0 Å². The van der Waals surface area contributed by atoms with Crippen LogP contribution in [0.3, 0.4) is 0 Å². The predicted molar refractivity (Wildman–Crippen MR) is 120 cm³/mol. The molecule has 0 fully saturated rings. The van der Waals surface area contributed by atoms with E-state index in [0.29, 0.717) is 17.4 Å². The molecule has 9 heteroatoms. The van der Waals surface area contributed by atoms with Crippen LogP contribution in [0.5, 0.6) is 0 Å². The van der Waals surface area contributed by atoms with E-state index in [1.54, 1.807) is 61.6 Å². The summed E-state index contributed by atoms with van der Waals surface area (Å²) in [7, 11) is -2.55. The molecule has 0 aliphatic heterocycles. The fourth-order valence-electron chi connectivity index (χ4n) is 2.68. The number of urea groups is 1. The fourth-order valence-corrected chi connectivity index (χ4v) is 5.22. The molecule has 0 saturated heterocycles. The Kier molecular flexibility index (Phi) is 6.35. The summed E-state index contributed by atoms with van der Waals surface area (Å²) in [6.07, 6.45) is 1.36. The van der Waals surface area contributed by atoms with Crippen molar-refractivity contribution in [3.05, 3.63) is 75.9 Å². The van der Waals surface area contributed by atoms with Crippen molar-refractivity contribution in [2.24, 2.45) is 0 Å². The number of carbonyl (C=O) groups excluding carboxylic acids is 2. The van der Waals surface area contributed by atoms with Gasteiger partial charge >= 0.3 is 180 Å². The summed E-state index contributed by atoms with van der Waals surface area (Å²) in [5.74, 6) is 0. The van der Waals surface area contributed by atoms with Gasteiger partial charge in [0.05, 0.1) is 0 Å². The Balaban J connectivity index is 2.10. The van der Waals surface area contributed by atoms with E-state index in [4.69, 9.17) is 4.42 Å². The molecule has 1 N–H and O–H groups in total. The first-order chi connectivity index (χ1) is 13.4. The van der Waals surface area contributed by atoms with Crippen molar-refractivity contribution >= 4 is 68.4 Å². The van der Waals surface area contributed by atoms with Gasteiger partial charge in [-0.3, -0.25) is 0 Å². The molecule has 3 rings (SSSR count). The van der Waals surface area contributed by atoms with Crippen LogP contribution in [0.1, 0.15) is 0 Å². The number of anilines is 2. The van der Waals surface area contributed by atoms with Crippen molar-refractivity contribution in [1.29, 1.82) is 0 Å². The third kappa shape index (κ3) is 4.05. The van der Waals surface area contributed by atoms with Gasteiger partial charge in [-0.2, -0.15) is 0 Å². The Labute approximate surface area is 179 Å². The Morgan fingerprint density at radius 1 is 1.00 bits per heavy atom. The summed E-state index contributed by atoms with van der Waals surface area (Å²) in [5, 5.41) is 0. The van der Waals surface area contributed by atoms with Crippen LogP contribution in [0.15, 0.2) is 80.3 Å². The van der Waals surface area contributed by atoms with E-state index in [1.807, 2.05) is 0 Å². The maximum absolute atomic E-state index is 13.4. The van der Waals surface area contributed by atoms with Crippen LogP contribution in [-0.2, 0) is 4.79 Å². The Hall–Kier alpha value is -1.99. The summed E-state index contributed by atoms with van der Waals surface area (Å²) in [5.41, 5.74) is 1.06. The molecular weight excluding hydrogens is 511 g/mol. The molecule has 0 aliphatic carbocycles. The molecule has 146 valence electrons. The first-order valence-electron chi connectivity index (χ1n) is 8.18. The zero-order valence-corrected chi connectivity index (χ0v) is 18.9. The van der Waals surface area contributed by atoms with Gasteiger partial charge in [0.2, 0.25) is 0 Å². The van der Waals surface area contributed by atoms with Gasteiger partial charge in [0.1, 0.15) is 0 Å². The number of hydrogen-bond acceptors (Lipinski definition) is 4. The molecule has 1 heterocycles. The van der Waals surface area contributed by atoms with Crippen molar-refractivity contribution in [3.63, 3.8) is 0 Å². The van der Waals surface area contributed by atoms with Gasteiger partial charge in [-0.15, -0.1) is 0 Å². The number of halogens is 2. The fraction of sp³-hybridized carbons (Fsp3) is 0.0526. The van der Waals surface area contributed by atoms with Crippen molar-refractivity contribution in [1.82, 2.24) is 0 Å². The van der Waals surface area contributed by atoms with Crippen LogP contribution in [0.2, 0.25) is 0 Å². The van der Waals surface area contributed by atoms with Crippen LogP contribution >= 0.6 is 39.5 Å². The van der Waals surface area contributed by atoms with Gasteiger partial charge in [0, 0.05) is 0 Å². The SMILES string of the molecule is CN(C(=O)N(c1ccc(Br)cc1)[PH](O)(C=O)c1ccco1)c1ccc(Br)cc1. The molecular formula is C19H17Br2N2O4P. The van der Waals surface area contributed by atoms with Gasteiger partial charge in [0.25, 0.3) is 0 Å². The zero-order chi connectivity index (χ0) is 20.3. The molecule has 0 atom stereocenters.